The number of hydrogen-bond acceptors (Lipinski definition) is 4. The third-order valence-corrected chi connectivity index (χ3v) is 4.77. The van der Waals surface area contributed by atoms with Gasteiger partial charge in [0, 0.05) is 24.0 Å². The van der Waals surface area contributed by atoms with E-state index in [9.17, 15) is 0 Å². The van der Waals surface area contributed by atoms with E-state index in [1.807, 2.05) is 25.1 Å². The quantitative estimate of drug-likeness (QED) is 0.584. The maximum absolute atomic E-state index is 5.90. The number of nitrogens with zero attached hydrogens (tertiary/aromatic N) is 2. The van der Waals surface area contributed by atoms with Crippen LogP contribution < -0.4 is 15.4 Å². The summed E-state index contributed by atoms with van der Waals surface area (Å²) < 4.78 is 5.90. The summed E-state index contributed by atoms with van der Waals surface area (Å²) in [4.78, 5) is 10.1. The molecule has 2 N–H and O–H groups in total. The van der Waals surface area contributed by atoms with Crippen LogP contribution in [0, 0.1) is 19.8 Å². The molecule has 1 aromatic carbocycles. The van der Waals surface area contributed by atoms with Crippen molar-refractivity contribution < 1.29 is 4.74 Å². The summed E-state index contributed by atoms with van der Waals surface area (Å²) in [5, 5.41) is 7.72. The van der Waals surface area contributed by atoms with Gasteiger partial charge >= 0.3 is 0 Å². The van der Waals surface area contributed by atoms with Crippen LogP contribution in [0.3, 0.4) is 0 Å². The van der Waals surface area contributed by atoms with E-state index in [4.69, 9.17) is 4.74 Å². The second-order valence-corrected chi connectivity index (χ2v) is 7.63. The molecule has 0 bridgehead atoms. The van der Waals surface area contributed by atoms with Gasteiger partial charge in [-0.15, -0.1) is 11.3 Å². The average molecular weight is 361 g/mol. The van der Waals surface area contributed by atoms with Crippen molar-refractivity contribution in [3.05, 3.63) is 45.4 Å². The fourth-order valence-electron chi connectivity index (χ4n) is 2.22. The number of aryl methyl sites for hydroxylation is 2. The average Bonchev–Trinajstić information content (AvgIpc) is 2.92. The van der Waals surface area contributed by atoms with Crippen LogP contribution in [0.4, 0.5) is 0 Å². The molecule has 5 nitrogen and oxygen atoms in total. The Hall–Kier alpha value is -2.08. The lowest BCUT2D eigenvalue weighted by Gasteiger charge is -2.15. The van der Waals surface area contributed by atoms with E-state index in [0.29, 0.717) is 25.6 Å². The molecule has 25 heavy (non-hydrogen) atoms. The minimum Gasteiger partial charge on any atom is -0.493 e. The number of guanidine groups is 1. The van der Waals surface area contributed by atoms with Crippen LogP contribution in [0.2, 0.25) is 0 Å². The van der Waals surface area contributed by atoms with E-state index in [1.165, 1.54) is 4.88 Å². The fraction of sp³-hybridized carbons (Fsp3) is 0.474. The van der Waals surface area contributed by atoms with Gasteiger partial charge in [0.2, 0.25) is 0 Å². The minimum atomic E-state index is 0.501. The smallest absolute Gasteiger partial charge is 0.191 e. The predicted octanol–water partition coefficient (Wildman–Crippen LogP) is 3.66. The van der Waals surface area contributed by atoms with E-state index >= 15 is 0 Å². The van der Waals surface area contributed by atoms with Gasteiger partial charge in [-0.1, -0.05) is 32.0 Å². The van der Waals surface area contributed by atoms with Crippen molar-refractivity contribution in [1.82, 2.24) is 15.6 Å². The van der Waals surface area contributed by atoms with E-state index < -0.39 is 0 Å². The molecule has 0 radical (unpaired) electrons. The number of benzene rings is 1. The summed E-state index contributed by atoms with van der Waals surface area (Å²) in [6, 6.07) is 8.11. The molecule has 2 rings (SSSR count). The molecule has 0 fully saturated rings. The van der Waals surface area contributed by atoms with Crippen LogP contribution in [0.1, 0.15) is 35.0 Å². The van der Waals surface area contributed by atoms with Crippen LogP contribution in [0.5, 0.6) is 5.75 Å². The molecule has 0 saturated heterocycles. The normalized spacial score (nSPS) is 11.7. The molecule has 0 aliphatic heterocycles. The number of aromatic nitrogens is 1. The molecular weight excluding hydrogens is 332 g/mol. The van der Waals surface area contributed by atoms with Crippen molar-refractivity contribution in [1.29, 1.82) is 0 Å². The largest absolute Gasteiger partial charge is 0.493 e. The number of rotatable bonds is 7. The first-order valence-electron chi connectivity index (χ1n) is 8.57. The van der Waals surface area contributed by atoms with Crippen LogP contribution in [0.25, 0.3) is 0 Å². The SMILES string of the molecule is CN=C(NCc1nc(C)c(C)s1)NCc1ccccc1OCC(C)C. The number of ether oxygens (including phenoxy) is 1. The highest BCUT2D eigenvalue weighted by molar-refractivity contribution is 7.11. The predicted molar refractivity (Wildman–Crippen MR) is 105 cm³/mol. The third kappa shape index (κ3) is 6.05. The molecule has 0 spiro atoms. The van der Waals surface area contributed by atoms with E-state index in [2.05, 4.69) is 47.4 Å². The van der Waals surface area contributed by atoms with E-state index in [-0.39, 0.29) is 0 Å². The Balaban J connectivity index is 1.90. The zero-order valence-corrected chi connectivity index (χ0v) is 16.5. The molecule has 0 amide bonds. The third-order valence-electron chi connectivity index (χ3n) is 3.69. The molecule has 0 aliphatic rings. The second-order valence-electron chi connectivity index (χ2n) is 6.34. The van der Waals surface area contributed by atoms with Gasteiger partial charge in [0.1, 0.15) is 10.8 Å². The van der Waals surface area contributed by atoms with Crippen molar-refractivity contribution in [2.24, 2.45) is 10.9 Å². The van der Waals surface area contributed by atoms with Crippen molar-refractivity contribution in [2.45, 2.75) is 40.8 Å². The van der Waals surface area contributed by atoms with Crippen LogP contribution in [0.15, 0.2) is 29.3 Å². The van der Waals surface area contributed by atoms with Crippen molar-refractivity contribution in [3.63, 3.8) is 0 Å². The Morgan fingerprint density at radius 3 is 2.56 bits per heavy atom. The Morgan fingerprint density at radius 1 is 1.20 bits per heavy atom. The number of hydrogen-bond donors (Lipinski definition) is 2. The first kappa shape index (κ1) is 19.2. The number of aliphatic imine (C=N–C) groups is 1. The lowest BCUT2D eigenvalue weighted by atomic mass is 10.2. The Morgan fingerprint density at radius 2 is 1.92 bits per heavy atom. The number of para-hydroxylation sites is 1. The van der Waals surface area contributed by atoms with Crippen molar-refractivity contribution >= 4 is 17.3 Å². The first-order chi connectivity index (χ1) is 12.0. The number of thiazole rings is 1. The molecule has 2 aromatic rings. The summed E-state index contributed by atoms with van der Waals surface area (Å²) in [6.45, 7) is 10.5. The van der Waals surface area contributed by atoms with Crippen molar-refractivity contribution in [3.8, 4) is 5.75 Å². The molecule has 0 aliphatic carbocycles. The van der Waals surface area contributed by atoms with Gasteiger partial charge in [-0.25, -0.2) is 4.98 Å². The Labute approximate surface area is 154 Å². The standard InChI is InChI=1S/C19H28N4OS/c1-13(2)12-24-17-9-7-6-8-16(17)10-21-19(20-5)22-11-18-23-14(3)15(4)25-18/h6-9,13H,10-12H2,1-5H3,(H2,20,21,22). The summed E-state index contributed by atoms with van der Waals surface area (Å²) in [6.07, 6.45) is 0. The van der Waals surface area contributed by atoms with Crippen LogP contribution >= 0.6 is 11.3 Å². The van der Waals surface area contributed by atoms with Gasteiger partial charge in [0.05, 0.1) is 18.8 Å². The molecular formula is C19H28N4OS. The molecule has 0 atom stereocenters. The van der Waals surface area contributed by atoms with Crippen molar-refractivity contribution in [2.75, 3.05) is 13.7 Å². The molecule has 1 heterocycles. The van der Waals surface area contributed by atoms with Crippen LogP contribution in [-0.2, 0) is 13.1 Å². The molecule has 0 unspecified atom stereocenters. The zero-order chi connectivity index (χ0) is 18.2. The molecule has 136 valence electrons. The van der Waals surface area contributed by atoms with E-state index in [0.717, 1.165) is 28.0 Å². The molecule has 0 saturated carbocycles. The lowest BCUT2D eigenvalue weighted by molar-refractivity contribution is 0.268. The van der Waals surface area contributed by atoms with Gasteiger partial charge in [-0.05, 0) is 25.8 Å². The monoisotopic (exact) mass is 360 g/mol. The van der Waals surface area contributed by atoms with Gasteiger partial charge in [0.15, 0.2) is 5.96 Å². The highest BCUT2D eigenvalue weighted by Gasteiger charge is 2.07. The fourth-order valence-corrected chi connectivity index (χ4v) is 3.09. The lowest BCUT2D eigenvalue weighted by Crippen LogP contribution is -2.36. The Kier molecular flexibility index (Phi) is 7.25. The Bertz CT molecular complexity index is 690. The highest BCUT2D eigenvalue weighted by atomic mass is 32.1. The van der Waals surface area contributed by atoms with Gasteiger partial charge in [0.25, 0.3) is 0 Å². The maximum Gasteiger partial charge on any atom is 0.191 e. The van der Waals surface area contributed by atoms with Crippen LogP contribution in [-0.4, -0.2) is 24.6 Å². The van der Waals surface area contributed by atoms with Gasteiger partial charge in [-0.3, -0.25) is 4.99 Å². The minimum absolute atomic E-state index is 0.501. The summed E-state index contributed by atoms with van der Waals surface area (Å²) >= 11 is 1.72. The number of nitrogens with one attached hydrogen (secondary N) is 2. The highest BCUT2D eigenvalue weighted by Crippen LogP contribution is 2.19. The van der Waals surface area contributed by atoms with Gasteiger partial charge < -0.3 is 15.4 Å². The molecule has 1 aromatic heterocycles. The maximum atomic E-state index is 5.90. The summed E-state index contributed by atoms with van der Waals surface area (Å²) in [5.41, 5.74) is 2.22. The summed E-state index contributed by atoms with van der Waals surface area (Å²) in [5.74, 6) is 2.18. The second kappa shape index (κ2) is 9.42. The topological polar surface area (TPSA) is 58.5 Å². The summed E-state index contributed by atoms with van der Waals surface area (Å²) in [7, 11) is 1.77. The molecule has 6 heteroatoms. The first-order valence-corrected chi connectivity index (χ1v) is 9.39. The van der Waals surface area contributed by atoms with E-state index in [1.54, 1.807) is 18.4 Å². The van der Waals surface area contributed by atoms with Gasteiger partial charge in [-0.2, -0.15) is 0 Å². The zero-order valence-electron chi connectivity index (χ0n) is 15.7.